The van der Waals surface area contributed by atoms with E-state index in [1.165, 1.54) is 0 Å². The first-order chi connectivity index (χ1) is 17.8. The minimum atomic E-state index is -1.08. The molecule has 1 N–H and O–H groups in total. The molecule has 0 aromatic heterocycles. The fourth-order valence-corrected chi connectivity index (χ4v) is 3.25. The lowest BCUT2D eigenvalue weighted by molar-refractivity contribution is -0.138. The summed E-state index contributed by atoms with van der Waals surface area (Å²) in [4.78, 5) is 42.6. The zero-order chi connectivity index (χ0) is 28.3. The average Bonchev–Trinajstić information content (AvgIpc) is 2.81. The quantitative estimate of drug-likeness (QED) is 0.318. The van der Waals surface area contributed by atoms with Gasteiger partial charge in [-0.05, 0) is 41.5 Å². The minimum Gasteiger partial charge on any atom is -0.480 e. The van der Waals surface area contributed by atoms with Gasteiger partial charge in [0.2, 0.25) is 0 Å². The van der Waals surface area contributed by atoms with Crippen molar-refractivity contribution in [1.82, 2.24) is 4.90 Å². The van der Waals surface area contributed by atoms with Crippen molar-refractivity contribution in [2.45, 2.75) is 65.2 Å². The van der Waals surface area contributed by atoms with Gasteiger partial charge in [0, 0.05) is 24.2 Å². The Morgan fingerprint density at radius 1 is 0.789 bits per heavy atom. The lowest BCUT2D eigenvalue weighted by Gasteiger charge is -2.28. The molecule has 2 aromatic rings. The van der Waals surface area contributed by atoms with E-state index >= 15 is 0 Å². The zero-order valence-corrected chi connectivity index (χ0v) is 23.0. The summed E-state index contributed by atoms with van der Waals surface area (Å²) < 4.78 is 16.3. The lowest BCUT2D eigenvalue weighted by atomic mass is 10.0. The molecule has 2 rings (SSSR count). The molecule has 9 nitrogen and oxygen atoms in total. The molecule has 0 heterocycles. The molecule has 0 aliphatic carbocycles. The molecule has 0 saturated heterocycles. The summed E-state index contributed by atoms with van der Waals surface area (Å²) in [5.41, 5.74) is 0.562. The van der Waals surface area contributed by atoms with Crippen LogP contribution >= 0.6 is 0 Å². The zero-order valence-electron chi connectivity index (χ0n) is 23.0. The lowest BCUT2D eigenvalue weighted by Crippen LogP contribution is -2.45. The Labute approximate surface area is 224 Å². The molecular weight excluding hydrogens is 488 g/mol. The van der Waals surface area contributed by atoms with E-state index in [1.807, 2.05) is 60.7 Å². The summed E-state index contributed by atoms with van der Waals surface area (Å²) >= 11 is 0. The van der Waals surface area contributed by atoms with Crippen LogP contribution in [0.4, 0.5) is 9.59 Å². The highest BCUT2D eigenvalue weighted by Gasteiger charge is 2.31. The fourth-order valence-electron chi connectivity index (χ4n) is 3.25. The molecule has 0 radical (unpaired) electrons. The van der Waals surface area contributed by atoms with Gasteiger partial charge in [-0.2, -0.15) is 0 Å². The molecule has 0 saturated carbocycles. The van der Waals surface area contributed by atoms with E-state index in [1.54, 1.807) is 41.5 Å². The highest BCUT2D eigenvalue weighted by Crippen LogP contribution is 2.16. The van der Waals surface area contributed by atoms with Crippen LogP contribution in [0.15, 0.2) is 65.7 Å². The predicted molar refractivity (Wildman–Crippen MR) is 145 cm³/mol. The van der Waals surface area contributed by atoms with Crippen molar-refractivity contribution in [3.05, 3.63) is 71.8 Å². The van der Waals surface area contributed by atoms with E-state index in [9.17, 15) is 19.5 Å². The van der Waals surface area contributed by atoms with Crippen molar-refractivity contribution in [3.8, 4) is 0 Å². The van der Waals surface area contributed by atoms with Crippen LogP contribution in [0.25, 0.3) is 0 Å². The van der Waals surface area contributed by atoms with Crippen molar-refractivity contribution >= 4 is 23.9 Å². The van der Waals surface area contributed by atoms with Crippen LogP contribution in [0, 0.1) is 0 Å². The number of carboxylic acids is 1. The van der Waals surface area contributed by atoms with Gasteiger partial charge in [0.25, 0.3) is 0 Å². The van der Waals surface area contributed by atoms with Crippen molar-refractivity contribution in [3.63, 3.8) is 0 Å². The van der Waals surface area contributed by atoms with Gasteiger partial charge >= 0.3 is 18.2 Å². The van der Waals surface area contributed by atoms with E-state index in [2.05, 4.69) is 4.99 Å². The first-order valence-electron chi connectivity index (χ1n) is 12.5. The number of amides is 2. The monoisotopic (exact) mass is 526 g/mol. The second kappa shape index (κ2) is 13.7. The maximum absolute atomic E-state index is 12.6. The molecule has 9 heteroatoms. The molecule has 1 atom stereocenters. The van der Waals surface area contributed by atoms with Crippen molar-refractivity contribution in [2.75, 3.05) is 19.8 Å². The number of nitrogens with zero attached hydrogens (tertiary/aromatic N) is 2. The minimum absolute atomic E-state index is 0.0290. The number of carbonyl (C=O) groups excluding carboxylic acids is 2. The van der Waals surface area contributed by atoms with Crippen LogP contribution < -0.4 is 0 Å². The standard InChI is InChI=1S/C29H38N2O7/c1-28(2,3)37-26(34)31(27(35)38-29(4,5)6)18-20-36-19-17-23(25(32)33)30-24(21-13-9-7-10-14-21)22-15-11-8-12-16-22/h7-16,23H,17-20H2,1-6H3,(H,32,33). The number of carboxylic acid groups (broad SMARTS) is 1. The third-order valence-corrected chi connectivity index (χ3v) is 4.89. The molecule has 2 amide bonds. The van der Waals surface area contributed by atoms with Crippen LogP contribution in [-0.2, 0) is 19.0 Å². The number of hydrogen-bond acceptors (Lipinski definition) is 7. The van der Waals surface area contributed by atoms with Gasteiger partial charge in [-0.3, -0.25) is 4.99 Å². The van der Waals surface area contributed by atoms with E-state index < -0.39 is 35.4 Å². The van der Waals surface area contributed by atoms with Gasteiger partial charge < -0.3 is 19.3 Å². The number of imide groups is 1. The van der Waals surface area contributed by atoms with Gasteiger partial charge in [0.1, 0.15) is 17.2 Å². The summed E-state index contributed by atoms with van der Waals surface area (Å²) in [6, 6.07) is 17.7. The summed E-state index contributed by atoms with van der Waals surface area (Å²) in [6.07, 6.45) is -1.60. The molecular formula is C29H38N2O7. The summed E-state index contributed by atoms with van der Waals surface area (Å²) in [6.45, 7) is 10.1. The topological polar surface area (TPSA) is 115 Å². The third kappa shape index (κ3) is 10.7. The SMILES string of the molecule is CC(C)(C)OC(=O)N(CCOCCC(N=C(c1ccccc1)c1ccccc1)C(=O)O)C(=O)OC(C)(C)C. The Morgan fingerprint density at radius 2 is 1.24 bits per heavy atom. The highest BCUT2D eigenvalue weighted by molar-refractivity contribution is 6.13. The van der Waals surface area contributed by atoms with E-state index in [0.29, 0.717) is 5.71 Å². The number of ether oxygens (including phenoxy) is 3. The van der Waals surface area contributed by atoms with Gasteiger partial charge in [-0.25, -0.2) is 19.3 Å². The van der Waals surface area contributed by atoms with E-state index in [0.717, 1.165) is 16.0 Å². The predicted octanol–water partition coefficient (Wildman–Crippen LogP) is 5.56. The number of benzene rings is 2. The Morgan fingerprint density at radius 3 is 1.63 bits per heavy atom. The number of hydrogen-bond donors (Lipinski definition) is 1. The van der Waals surface area contributed by atoms with Gasteiger partial charge in [0.05, 0.1) is 18.9 Å². The number of aliphatic imine (C=N–C) groups is 1. The maximum atomic E-state index is 12.6. The van der Waals surface area contributed by atoms with Crippen LogP contribution in [-0.4, -0.2) is 70.9 Å². The second-order valence-electron chi connectivity index (χ2n) is 10.6. The molecule has 0 bridgehead atoms. The Hall–Kier alpha value is -3.72. The first-order valence-corrected chi connectivity index (χ1v) is 12.5. The fraction of sp³-hybridized carbons (Fsp3) is 0.448. The molecule has 0 fully saturated rings. The summed E-state index contributed by atoms with van der Waals surface area (Å²) in [5.74, 6) is -1.08. The summed E-state index contributed by atoms with van der Waals surface area (Å²) in [5, 5.41) is 9.83. The molecule has 1 unspecified atom stereocenters. The van der Waals surface area contributed by atoms with Crippen molar-refractivity contribution < 1.29 is 33.7 Å². The average molecular weight is 527 g/mol. The highest BCUT2D eigenvalue weighted by atomic mass is 16.6. The molecule has 206 valence electrons. The van der Waals surface area contributed by atoms with E-state index in [4.69, 9.17) is 14.2 Å². The van der Waals surface area contributed by atoms with Gasteiger partial charge in [-0.15, -0.1) is 0 Å². The smallest absolute Gasteiger partial charge is 0.419 e. The Bertz CT molecular complexity index is 1020. The van der Waals surface area contributed by atoms with Crippen LogP contribution in [0.1, 0.15) is 59.1 Å². The molecule has 2 aromatic carbocycles. The van der Waals surface area contributed by atoms with E-state index in [-0.39, 0.29) is 26.2 Å². The van der Waals surface area contributed by atoms with Crippen LogP contribution in [0.2, 0.25) is 0 Å². The van der Waals surface area contributed by atoms with Crippen molar-refractivity contribution in [1.29, 1.82) is 0 Å². The summed E-state index contributed by atoms with van der Waals surface area (Å²) in [7, 11) is 0. The van der Waals surface area contributed by atoms with Crippen molar-refractivity contribution in [2.24, 2.45) is 4.99 Å². The Kier molecular flexibility index (Phi) is 11.0. The number of aliphatic carboxylic acids is 1. The largest absolute Gasteiger partial charge is 0.480 e. The Balaban J connectivity index is 2.08. The third-order valence-electron chi connectivity index (χ3n) is 4.89. The van der Waals surface area contributed by atoms with Crippen LogP contribution in [0.3, 0.4) is 0 Å². The molecule has 0 aliphatic rings. The molecule has 38 heavy (non-hydrogen) atoms. The van der Waals surface area contributed by atoms with Crippen LogP contribution in [0.5, 0.6) is 0 Å². The second-order valence-corrected chi connectivity index (χ2v) is 10.6. The number of carbonyl (C=O) groups is 3. The maximum Gasteiger partial charge on any atom is 0.419 e. The molecule has 0 aliphatic heterocycles. The number of rotatable bonds is 10. The first kappa shape index (κ1) is 30.5. The van der Waals surface area contributed by atoms with Gasteiger partial charge in [-0.1, -0.05) is 60.7 Å². The normalized spacial score (nSPS) is 12.3. The van der Waals surface area contributed by atoms with Gasteiger partial charge in [0.15, 0.2) is 0 Å². The molecule has 0 spiro atoms.